The van der Waals surface area contributed by atoms with Crippen molar-refractivity contribution in [2.75, 3.05) is 13.1 Å². The molecule has 0 aliphatic carbocycles. The van der Waals surface area contributed by atoms with Crippen LogP contribution in [0.1, 0.15) is 233 Å². The molecule has 3 nitrogen and oxygen atoms in total. The Morgan fingerprint density at radius 1 is 0.426 bits per heavy atom. The first-order valence-corrected chi connectivity index (χ1v) is 20.7. The minimum atomic E-state index is -0.0256. The van der Waals surface area contributed by atoms with Gasteiger partial charge in [0.15, 0.2) is 0 Å². The Morgan fingerprint density at radius 2 is 0.660 bits per heavy atom. The third-order valence-corrected chi connectivity index (χ3v) is 8.57. The molecule has 0 heterocycles. The number of aliphatic hydroxyl groups is 1. The van der Waals surface area contributed by atoms with Crippen LogP contribution in [0.2, 0.25) is 0 Å². The molecule has 0 spiro atoms. The smallest absolute Gasteiger partial charge is 0.393 e. The zero-order valence-corrected chi connectivity index (χ0v) is 36.9. The summed E-state index contributed by atoms with van der Waals surface area (Å²) in [6.07, 6.45) is 41.2. The van der Waals surface area contributed by atoms with Gasteiger partial charge in [-0.25, -0.2) is 0 Å². The van der Waals surface area contributed by atoms with E-state index in [1.54, 1.807) is 0 Å². The topological polar surface area (TPSA) is 43.7 Å². The quantitative estimate of drug-likeness (QED) is 0.0236. The molecule has 4 heteroatoms. The Kier molecular flexibility index (Phi) is 72.8. The molecule has 0 amide bonds. The van der Waals surface area contributed by atoms with Gasteiger partial charge < -0.3 is 24.2 Å². The molecule has 0 aliphatic rings. The van der Waals surface area contributed by atoms with Gasteiger partial charge in [-0.2, -0.15) is 17.9 Å². The van der Waals surface area contributed by atoms with Crippen LogP contribution in [0.4, 0.5) is 0 Å². The Labute approximate surface area is 343 Å². The van der Waals surface area contributed by atoms with Crippen molar-refractivity contribution in [1.29, 1.82) is 0 Å². The molecule has 0 bridgehead atoms. The molecule has 0 unspecified atom stereocenters. The van der Waals surface area contributed by atoms with Gasteiger partial charge in [0, 0.05) is 13.1 Å². The van der Waals surface area contributed by atoms with Gasteiger partial charge in [0.25, 0.3) is 0 Å². The molecule has 0 aromatic carbocycles. The van der Waals surface area contributed by atoms with Gasteiger partial charge in [-0.1, -0.05) is 195 Å². The van der Waals surface area contributed by atoms with Crippen LogP contribution in [-0.2, 0) is 0 Å². The third-order valence-electron chi connectivity index (χ3n) is 8.57. The molecule has 0 aromatic rings. The summed E-state index contributed by atoms with van der Waals surface area (Å²) in [5, 5.41) is 20.8. The molecule has 2 N–H and O–H groups in total. The van der Waals surface area contributed by atoms with Crippen LogP contribution in [0, 0.1) is 13.8 Å². The molecule has 0 aliphatic heterocycles. The summed E-state index contributed by atoms with van der Waals surface area (Å²) < 4.78 is 0. The minimum Gasteiger partial charge on any atom is -0.393 e. The summed E-state index contributed by atoms with van der Waals surface area (Å²) in [7, 11) is 0. The predicted molar refractivity (Wildman–Crippen MR) is 212 cm³/mol. The second kappa shape index (κ2) is 59.4. The van der Waals surface area contributed by atoms with Crippen molar-refractivity contribution >= 4 is 0 Å². The fourth-order valence-corrected chi connectivity index (χ4v) is 5.43. The Morgan fingerprint density at radius 3 is 0.979 bits per heavy atom. The monoisotopic (exact) mass is 693 g/mol. The molecule has 0 saturated carbocycles. The van der Waals surface area contributed by atoms with Crippen molar-refractivity contribution in [3.63, 3.8) is 0 Å². The van der Waals surface area contributed by atoms with Crippen molar-refractivity contribution in [2.45, 2.75) is 239 Å². The Balaban J connectivity index is -0.000000185. The van der Waals surface area contributed by atoms with E-state index in [9.17, 15) is 10.3 Å². The number of unbranched alkanes of at least 4 members (excludes halogenated alkanes) is 25. The minimum absolute atomic E-state index is 0. The molecular weight excluding hydrogens is 602 g/mol. The van der Waals surface area contributed by atoms with Crippen molar-refractivity contribution in [2.24, 2.45) is 0 Å². The zero-order chi connectivity index (χ0) is 35.2. The Hall–Kier alpha value is 1.26. The van der Waals surface area contributed by atoms with Gasteiger partial charge in [-0.15, -0.1) is 13.2 Å². The number of aliphatic hydroxyl groups excluding tert-OH is 1. The van der Waals surface area contributed by atoms with Crippen LogP contribution in [0.3, 0.4) is 0 Å². The molecule has 0 saturated heterocycles. The van der Waals surface area contributed by atoms with Crippen LogP contribution < -0.4 is 51.4 Å². The van der Waals surface area contributed by atoms with E-state index >= 15 is 0 Å². The molecule has 0 aromatic heterocycles. The maximum absolute atomic E-state index is 9.85. The fourth-order valence-electron chi connectivity index (χ4n) is 5.43. The average Bonchev–Trinajstić information content (AvgIpc) is 3.07. The zero-order valence-electron chi connectivity index (χ0n) is 33.8. The van der Waals surface area contributed by atoms with E-state index in [4.69, 9.17) is 0 Å². The van der Waals surface area contributed by atoms with Crippen molar-refractivity contribution in [1.82, 2.24) is 5.06 Å². The number of rotatable bonds is 33. The molecule has 47 heavy (non-hydrogen) atoms. The number of hydrogen-bond donors (Lipinski definition) is 2. The van der Waals surface area contributed by atoms with E-state index in [0.29, 0.717) is 0 Å². The predicted octanol–water partition coefficient (Wildman–Crippen LogP) is 12.0. The molecule has 0 radical (unpaired) electrons. The SMILES string of the molecule is C=C.CCCCCCCCC(O)CCCCCCCC.[CH2-]CCCCCCCCCC.[CH2-]CCCCN(O)CCCCCCCC.[K+]. The number of nitrogens with zero attached hydrogens (tertiary/aromatic N) is 1. The van der Waals surface area contributed by atoms with Crippen LogP contribution >= 0.6 is 0 Å². The van der Waals surface area contributed by atoms with E-state index in [-0.39, 0.29) is 57.5 Å². The van der Waals surface area contributed by atoms with Gasteiger partial charge in [0.2, 0.25) is 0 Å². The summed E-state index contributed by atoms with van der Waals surface area (Å²) in [6.45, 7) is 24.3. The standard InChI is InChI=1S/C17H36O.C13H28NO.C11H23.C2H4.K/c1-3-5-7-9-11-13-15-17(18)16-14-12-10-8-6-4-2;1-3-5-7-8-9-11-13-14(15)12-10-6-4-2;1-3-5-7-9-11-10-8-6-4-2;1-2;/h17-18H,3-16H2,1-2H3;15H,2-13H2,1H3;1,3-11H2,2H3;1-2H2;/q;2*-1;;+1. The summed E-state index contributed by atoms with van der Waals surface area (Å²) in [5.74, 6) is 0. The summed E-state index contributed by atoms with van der Waals surface area (Å²) in [4.78, 5) is 0. The number of hydroxylamine groups is 2. The first-order valence-electron chi connectivity index (χ1n) is 20.7. The first-order chi connectivity index (χ1) is 22.5. The Bertz CT molecular complexity index is 441. The summed E-state index contributed by atoms with van der Waals surface area (Å²) in [5.41, 5.74) is 0. The molecule has 0 fully saturated rings. The van der Waals surface area contributed by atoms with Crippen LogP contribution in [-0.4, -0.2) is 34.6 Å². The largest absolute Gasteiger partial charge is 1.00 e. The van der Waals surface area contributed by atoms with Crippen molar-refractivity contribution in [3.8, 4) is 0 Å². The maximum atomic E-state index is 9.85. The van der Waals surface area contributed by atoms with Gasteiger partial charge in [0.05, 0.1) is 6.10 Å². The van der Waals surface area contributed by atoms with E-state index in [1.165, 1.54) is 166 Å². The first kappa shape index (κ1) is 57.6. The normalized spacial score (nSPS) is 10.4. The van der Waals surface area contributed by atoms with Crippen molar-refractivity contribution < 1.29 is 61.7 Å². The molecule has 0 atom stereocenters. The van der Waals surface area contributed by atoms with E-state index in [2.05, 4.69) is 54.7 Å². The molecule has 0 rings (SSSR count). The number of hydrogen-bond acceptors (Lipinski definition) is 3. The third kappa shape index (κ3) is 66.1. The van der Waals surface area contributed by atoms with Crippen LogP contribution in [0.5, 0.6) is 0 Å². The average molecular weight is 693 g/mol. The van der Waals surface area contributed by atoms with Gasteiger partial charge >= 0.3 is 51.4 Å². The van der Waals surface area contributed by atoms with Gasteiger partial charge in [-0.05, 0) is 25.7 Å². The van der Waals surface area contributed by atoms with Crippen molar-refractivity contribution in [3.05, 3.63) is 27.0 Å². The maximum Gasteiger partial charge on any atom is 1.00 e. The van der Waals surface area contributed by atoms with E-state index < -0.39 is 0 Å². The van der Waals surface area contributed by atoms with Crippen LogP contribution in [0.15, 0.2) is 13.2 Å². The van der Waals surface area contributed by atoms with E-state index in [1.807, 2.05) is 0 Å². The second-order valence-electron chi connectivity index (χ2n) is 13.4. The van der Waals surface area contributed by atoms with E-state index in [0.717, 1.165) is 58.0 Å². The fraction of sp³-hybridized carbons (Fsp3) is 0.907. The summed E-state index contributed by atoms with van der Waals surface area (Å²) >= 11 is 0. The van der Waals surface area contributed by atoms with Gasteiger partial charge in [-0.3, -0.25) is 0 Å². The second-order valence-corrected chi connectivity index (χ2v) is 13.4. The van der Waals surface area contributed by atoms with Crippen LogP contribution in [0.25, 0.3) is 0 Å². The molecule has 282 valence electrons. The van der Waals surface area contributed by atoms with Gasteiger partial charge in [0.1, 0.15) is 0 Å². The molecular formula is C43H91KNO2-. The summed E-state index contributed by atoms with van der Waals surface area (Å²) in [6, 6.07) is 0.